The standard InChI is InChI=1S/C20H27N3O2/c21-19(17-4-2-1-3-5-17)23-25-12-18(24)22-13-20-9-14-6-15(10-20)8-16(7-14)11-20/h1-5,14-16H,6-13H2,(H2,21,23)(H,22,24). The first-order chi connectivity index (χ1) is 12.1. The lowest BCUT2D eigenvalue weighted by molar-refractivity contribution is -0.127. The van der Waals surface area contributed by atoms with Crippen LogP contribution in [-0.4, -0.2) is 24.9 Å². The molecule has 0 unspecified atom stereocenters. The van der Waals surface area contributed by atoms with Crippen LogP contribution < -0.4 is 11.1 Å². The number of benzene rings is 1. The van der Waals surface area contributed by atoms with E-state index in [2.05, 4.69) is 10.5 Å². The zero-order valence-corrected chi connectivity index (χ0v) is 14.6. The van der Waals surface area contributed by atoms with Gasteiger partial charge in [-0.05, 0) is 61.7 Å². The molecule has 0 aromatic heterocycles. The molecule has 5 rings (SSSR count). The van der Waals surface area contributed by atoms with Crippen LogP contribution in [-0.2, 0) is 9.63 Å². The lowest BCUT2D eigenvalue weighted by Crippen LogP contribution is -2.51. The minimum atomic E-state index is -0.111. The first-order valence-corrected chi connectivity index (χ1v) is 9.39. The molecule has 5 heteroatoms. The van der Waals surface area contributed by atoms with E-state index in [4.69, 9.17) is 10.6 Å². The van der Waals surface area contributed by atoms with Crippen molar-refractivity contribution in [3.05, 3.63) is 35.9 Å². The van der Waals surface area contributed by atoms with Crippen molar-refractivity contribution in [3.8, 4) is 0 Å². The normalized spacial score (nSPS) is 33.3. The summed E-state index contributed by atoms with van der Waals surface area (Å²) in [4.78, 5) is 17.2. The first kappa shape index (κ1) is 16.4. The van der Waals surface area contributed by atoms with Crippen LogP contribution in [0.3, 0.4) is 0 Å². The van der Waals surface area contributed by atoms with Gasteiger partial charge in [0.05, 0.1) is 0 Å². The smallest absolute Gasteiger partial charge is 0.260 e. The molecular weight excluding hydrogens is 314 g/mol. The molecule has 25 heavy (non-hydrogen) atoms. The predicted octanol–water partition coefficient (Wildman–Crippen LogP) is 2.66. The Balaban J connectivity index is 1.25. The molecule has 0 saturated heterocycles. The van der Waals surface area contributed by atoms with E-state index in [9.17, 15) is 4.79 Å². The van der Waals surface area contributed by atoms with Crippen molar-refractivity contribution in [2.24, 2.45) is 34.1 Å². The first-order valence-electron chi connectivity index (χ1n) is 9.39. The van der Waals surface area contributed by atoms with Crippen molar-refractivity contribution < 1.29 is 9.63 Å². The van der Waals surface area contributed by atoms with Gasteiger partial charge in [-0.2, -0.15) is 0 Å². The van der Waals surface area contributed by atoms with E-state index in [1.807, 2.05) is 30.3 Å². The Morgan fingerprint density at radius 1 is 1.12 bits per heavy atom. The highest BCUT2D eigenvalue weighted by Crippen LogP contribution is 2.59. The second kappa shape index (κ2) is 6.70. The van der Waals surface area contributed by atoms with Gasteiger partial charge in [-0.15, -0.1) is 0 Å². The van der Waals surface area contributed by atoms with E-state index in [1.54, 1.807) is 0 Å². The van der Waals surface area contributed by atoms with Gasteiger partial charge in [-0.25, -0.2) is 0 Å². The van der Waals surface area contributed by atoms with E-state index in [0.29, 0.717) is 5.41 Å². The Hall–Kier alpha value is -2.04. The summed E-state index contributed by atoms with van der Waals surface area (Å²) in [6.07, 6.45) is 8.13. The van der Waals surface area contributed by atoms with Gasteiger partial charge >= 0.3 is 0 Å². The highest BCUT2D eigenvalue weighted by atomic mass is 16.6. The highest BCUT2D eigenvalue weighted by Gasteiger charge is 2.50. The second-order valence-corrected chi connectivity index (χ2v) is 8.31. The van der Waals surface area contributed by atoms with Crippen molar-refractivity contribution in [3.63, 3.8) is 0 Å². The largest absolute Gasteiger partial charge is 0.384 e. The maximum atomic E-state index is 12.1. The van der Waals surface area contributed by atoms with Gasteiger partial charge in [-0.1, -0.05) is 35.5 Å². The summed E-state index contributed by atoms with van der Waals surface area (Å²) in [7, 11) is 0. The molecule has 0 aliphatic heterocycles. The fourth-order valence-corrected chi connectivity index (χ4v) is 5.67. The fraction of sp³-hybridized carbons (Fsp3) is 0.600. The van der Waals surface area contributed by atoms with Crippen molar-refractivity contribution >= 4 is 11.7 Å². The summed E-state index contributed by atoms with van der Waals surface area (Å²) in [5.74, 6) is 2.87. The Bertz CT molecular complexity index is 621. The minimum absolute atomic E-state index is 0.0834. The van der Waals surface area contributed by atoms with Crippen LogP contribution in [0, 0.1) is 23.2 Å². The number of amidine groups is 1. The van der Waals surface area contributed by atoms with Gasteiger partial charge in [0.25, 0.3) is 5.91 Å². The van der Waals surface area contributed by atoms with E-state index in [0.717, 1.165) is 29.9 Å². The van der Waals surface area contributed by atoms with Crippen molar-refractivity contribution in [1.82, 2.24) is 5.32 Å². The molecule has 4 aliphatic carbocycles. The maximum Gasteiger partial charge on any atom is 0.260 e. The summed E-state index contributed by atoms with van der Waals surface area (Å²) in [6, 6.07) is 9.39. The fourth-order valence-electron chi connectivity index (χ4n) is 5.67. The molecule has 4 fully saturated rings. The van der Waals surface area contributed by atoms with E-state index in [-0.39, 0.29) is 18.3 Å². The van der Waals surface area contributed by atoms with Crippen LogP contribution in [0.2, 0.25) is 0 Å². The Kier molecular flexibility index (Phi) is 4.40. The van der Waals surface area contributed by atoms with E-state index >= 15 is 0 Å². The van der Waals surface area contributed by atoms with Gasteiger partial charge in [0.15, 0.2) is 12.4 Å². The number of amides is 1. The summed E-state index contributed by atoms with van der Waals surface area (Å²) in [5.41, 5.74) is 6.98. The number of carbonyl (C=O) groups is 1. The second-order valence-electron chi connectivity index (χ2n) is 8.31. The molecule has 4 aliphatic rings. The third kappa shape index (κ3) is 3.65. The summed E-state index contributed by atoms with van der Waals surface area (Å²) >= 11 is 0. The third-order valence-corrected chi connectivity index (χ3v) is 6.25. The molecule has 3 N–H and O–H groups in total. The van der Waals surface area contributed by atoms with Gasteiger partial charge in [-0.3, -0.25) is 4.79 Å². The van der Waals surface area contributed by atoms with E-state index in [1.165, 1.54) is 38.5 Å². The molecule has 4 bridgehead atoms. The number of nitrogens with two attached hydrogens (primary N) is 1. The van der Waals surface area contributed by atoms with Crippen molar-refractivity contribution in [1.29, 1.82) is 0 Å². The van der Waals surface area contributed by atoms with Gasteiger partial charge < -0.3 is 15.9 Å². The van der Waals surface area contributed by atoms with Crippen LogP contribution in [0.5, 0.6) is 0 Å². The van der Waals surface area contributed by atoms with Gasteiger partial charge in [0.1, 0.15) is 0 Å². The molecule has 1 aromatic rings. The SMILES string of the molecule is N/C(=N/OCC(=O)NCC12CC3CC(CC(C3)C1)C2)c1ccccc1. The average Bonchev–Trinajstić information content (AvgIpc) is 2.60. The zero-order valence-electron chi connectivity index (χ0n) is 14.6. The summed E-state index contributed by atoms with van der Waals surface area (Å²) < 4.78 is 0. The number of nitrogens with one attached hydrogen (secondary N) is 1. The highest BCUT2D eigenvalue weighted by molar-refractivity contribution is 5.97. The third-order valence-electron chi connectivity index (χ3n) is 6.25. The zero-order chi connectivity index (χ0) is 17.3. The molecule has 0 heterocycles. The molecule has 0 radical (unpaired) electrons. The van der Waals surface area contributed by atoms with Crippen molar-refractivity contribution in [2.75, 3.05) is 13.2 Å². The number of oxime groups is 1. The number of rotatable bonds is 6. The van der Waals surface area contributed by atoms with Crippen LogP contribution in [0.15, 0.2) is 35.5 Å². The predicted molar refractivity (Wildman–Crippen MR) is 96.7 cm³/mol. The van der Waals surface area contributed by atoms with Crippen LogP contribution in [0.4, 0.5) is 0 Å². The maximum absolute atomic E-state index is 12.1. The molecular formula is C20H27N3O2. The summed E-state index contributed by atoms with van der Waals surface area (Å²) in [5, 5.41) is 6.92. The van der Waals surface area contributed by atoms with Crippen molar-refractivity contribution in [2.45, 2.75) is 38.5 Å². The van der Waals surface area contributed by atoms with E-state index < -0.39 is 0 Å². The topological polar surface area (TPSA) is 76.7 Å². The molecule has 134 valence electrons. The Labute approximate surface area is 149 Å². The summed E-state index contributed by atoms with van der Waals surface area (Å²) in [6.45, 7) is 0.705. The Morgan fingerprint density at radius 2 is 1.72 bits per heavy atom. The van der Waals surface area contributed by atoms with Gasteiger partial charge in [0, 0.05) is 12.1 Å². The van der Waals surface area contributed by atoms with Gasteiger partial charge in [0.2, 0.25) is 0 Å². The molecule has 0 spiro atoms. The monoisotopic (exact) mass is 341 g/mol. The Morgan fingerprint density at radius 3 is 2.32 bits per heavy atom. The lowest BCUT2D eigenvalue weighted by atomic mass is 9.49. The number of nitrogens with zero attached hydrogens (tertiary/aromatic N) is 1. The molecule has 1 aromatic carbocycles. The average molecular weight is 341 g/mol. The number of hydrogen-bond acceptors (Lipinski definition) is 3. The molecule has 5 nitrogen and oxygen atoms in total. The molecule has 4 saturated carbocycles. The minimum Gasteiger partial charge on any atom is -0.384 e. The number of carbonyl (C=O) groups excluding carboxylic acids is 1. The quantitative estimate of drug-likeness (QED) is 0.474. The van der Waals surface area contributed by atoms with Crippen LogP contribution >= 0.6 is 0 Å². The molecule has 0 atom stereocenters. The number of hydrogen-bond donors (Lipinski definition) is 2. The molecule has 1 amide bonds. The van der Waals surface area contributed by atoms with Crippen LogP contribution in [0.1, 0.15) is 44.1 Å². The lowest BCUT2D eigenvalue weighted by Gasteiger charge is -2.56. The van der Waals surface area contributed by atoms with Crippen LogP contribution in [0.25, 0.3) is 0 Å².